The van der Waals surface area contributed by atoms with Crippen LogP contribution in [-0.4, -0.2) is 15.5 Å². The number of nitrogens with zero attached hydrogens (tertiary/aromatic N) is 2. The van der Waals surface area contributed by atoms with Crippen molar-refractivity contribution in [2.45, 2.75) is 33.4 Å². The van der Waals surface area contributed by atoms with Gasteiger partial charge >= 0.3 is 0 Å². The van der Waals surface area contributed by atoms with Gasteiger partial charge in [0.05, 0.1) is 18.3 Å². The van der Waals surface area contributed by atoms with E-state index in [9.17, 15) is 9.59 Å². The molecule has 3 heterocycles. The summed E-state index contributed by atoms with van der Waals surface area (Å²) in [5.74, 6) is 1.27. The number of furan rings is 1. The highest BCUT2D eigenvalue weighted by atomic mass is 79.9. The van der Waals surface area contributed by atoms with Crippen LogP contribution < -0.4 is 10.9 Å². The molecule has 0 saturated carbocycles. The first kappa shape index (κ1) is 20.6. The van der Waals surface area contributed by atoms with Gasteiger partial charge in [0.15, 0.2) is 0 Å². The second kappa shape index (κ2) is 8.57. The summed E-state index contributed by atoms with van der Waals surface area (Å²) in [6.45, 7) is 4.49. The van der Waals surface area contributed by atoms with E-state index in [0.717, 1.165) is 31.1 Å². The van der Waals surface area contributed by atoms with E-state index in [1.54, 1.807) is 0 Å². The molecule has 1 N–H and O–H groups in total. The van der Waals surface area contributed by atoms with Gasteiger partial charge < -0.3 is 9.73 Å². The van der Waals surface area contributed by atoms with Crippen molar-refractivity contribution < 1.29 is 9.21 Å². The van der Waals surface area contributed by atoms with Crippen molar-refractivity contribution in [3.63, 3.8) is 0 Å². The van der Waals surface area contributed by atoms with Crippen molar-refractivity contribution in [1.82, 2.24) is 14.9 Å². The molecule has 0 fully saturated rings. The minimum atomic E-state index is -0.151. The molecule has 1 aromatic carbocycles. The van der Waals surface area contributed by atoms with Crippen molar-refractivity contribution >= 4 is 43.4 Å². The summed E-state index contributed by atoms with van der Waals surface area (Å²) in [5, 5.41) is 3.49. The fourth-order valence-electron chi connectivity index (χ4n) is 3.17. The second-order valence-corrected chi connectivity index (χ2v) is 9.12. The Kier molecular flexibility index (Phi) is 5.87. The van der Waals surface area contributed by atoms with Gasteiger partial charge in [-0.1, -0.05) is 28.1 Å². The summed E-state index contributed by atoms with van der Waals surface area (Å²) < 4.78 is 8.31. The lowest BCUT2D eigenvalue weighted by Crippen LogP contribution is -2.27. The van der Waals surface area contributed by atoms with Crippen LogP contribution in [0.5, 0.6) is 0 Å². The zero-order valence-electron chi connectivity index (χ0n) is 16.6. The second-order valence-electron chi connectivity index (χ2n) is 7.01. The van der Waals surface area contributed by atoms with Crippen LogP contribution >= 0.6 is 27.3 Å². The first-order valence-corrected chi connectivity index (χ1v) is 11.1. The first-order valence-electron chi connectivity index (χ1n) is 9.49. The summed E-state index contributed by atoms with van der Waals surface area (Å²) >= 11 is 4.93. The molecule has 8 heteroatoms. The highest BCUT2D eigenvalue weighted by Crippen LogP contribution is 2.25. The van der Waals surface area contributed by atoms with Gasteiger partial charge in [-0.2, -0.15) is 0 Å². The monoisotopic (exact) mass is 485 g/mol. The molecule has 30 heavy (non-hydrogen) atoms. The van der Waals surface area contributed by atoms with Gasteiger partial charge in [-0.05, 0) is 43.7 Å². The molecule has 0 saturated heterocycles. The largest absolute Gasteiger partial charge is 0.459 e. The Bertz CT molecular complexity index is 1270. The van der Waals surface area contributed by atoms with E-state index in [1.165, 1.54) is 22.2 Å². The molecule has 3 aromatic heterocycles. The van der Waals surface area contributed by atoms with Gasteiger partial charge in [0, 0.05) is 27.9 Å². The number of hydrogen-bond acceptors (Lipinski definition) is 5. The molecular formula is C22H20BrN3O3S. The van der Waals surface area contributed by atoms with Crippen molar-refractivity contribution in [3.05, 3.63) is 73.8 Å². The molecule has 0 aliphatic rings. The van der Waals surface area contributed by atoms with Crippen LogP contribution in [0.2, 0.25) is 0 Å². The summed E-state index contributed by atoms with van der Waals surface area (Å²) in [5.41, 5.74) is 1.84. The number of amides is 1. The van der Waals surface area contributed by atoms with Crippen LogP contribution in [0, 0.1) is 13.8 Å². The first-order chi connectivity index (χ1) is 14.4. The summed E-state index contributed by atoms with van der Waals surface area (Å²) in [6.07, 6.45) is 1.71. The highest BCUT2D eigenvalue weighted by Gasteiger charge is 2.13. The predicted octanol–water partition coefficient (Wildman–Crippen LogP) is 4.80. The molecular weight excluding hydrogens is 466 g/mol. The lowest BCUT2D eigenvalue weighted by Gasteiger charge is -2.06. The molecule has 4 aromatic rings. The summed E-state index contributed by atoms with van der Waals surface area (Å²) in [7, 11) is 0. The SMILES string of the molecule is Cc1sc2ncn(CCC(=O)NCc3ccc(-c4ccc(Br)cc4)o3)c(=O)c2c1C. The third-order valence-electron chi connectivity index (χ3n) is 4.99. The number of aryl methyl sites for hydroxylation is 3. The third kappa shape index (κ3) is 4.24. The Labute approximate surface area is 185 Å². The third-order valence-corrected chi connectivity index (χ3v) is 6.63. The average Bonchev–Trinajstić information content (AvgIpc) is 3.31. The number of aromatic nitrogens is 2. The fourth-order valence-corrected chi connectivity index (χ4v) is 4.42. The Hall–Kier alpha value is -2.71. The standard InChI is InChI=1S/C22H20BrN3O3S/c1-13-14(2)30-21-20(13)22(28)26(12-25-21)10-9-19(27)24-11-17-7-8-18(29-17)15-3-5-16(23)6-4-15/h3-8,12H,9-11H2,1-2H3,(H,24,27). The number of halogens is 1. The van der Waals surface area contributed by atoms with Gasteiger partial charge in [-0.15, -0.1) is 11.3 Å². The summed E-state index contributed by atoms with van der Waals surface area (Å²) in [6, 6.07) is 11.6. The predicted molar refractivity (Wildman–Crippen MR) is 122 cm³/mol. The van der Waals surface area contributed by atoms with E-state index in [2.05, 4.69) is 26.2 Å². The van der Waals surface area contributed by atoms with Crippen molar-refractivity contribution in [2.75, 3.05) is 0 Å². The number of carbonyl (C=O) groups is 1. The maximum Gasteiger partial charge on any atom is 0.262 e. The van der Waals surface area contributed by atoms with E-state index in [0.29, 0.717) is 17.7 Å². The molecule has 154 valence electrons. The van der Waals surface area contributed by atoms with Gasteiger partial charge in [-0.3, -0.25) is 14.2 Å². The molecule has 6 nitrogen and oxygen atoms in total. The van der Waals surface area contributed by atoms with Gasteiger partial charge in [0.2, 0.25) is 5.91 Å². The van der Waals surface area contributed by atoms with E-state index in [4.69, 9.17) is 4.42 Å². The Balaban J connectivity index is 1.35. The van der Waals surface area contributed by atoms with Gasteiger partial charge in [-0.25, -0.2) is 4.98 Å². The van der Waals surface area contributed by atoms with Crippen LogP contribution in [0.3, 0.4) is 0 Å². The normalized spacial score (nSPS) is 11.2. The molecule has 1 amide bonds. The minimum Gasteiger partial charge on any atom is -0.459 e. The number of nitrogens with one attached hydrogen (secondary N) is 1. The number of thiophene rings is 1. The molecule has 0 atom stereocenters. The number of carbonyl (C=O) groups excluding carboxylic acids is 1. The maximum atomic E-state index is 12.7. The molecule has 0 radical (unpaired) electrons. The van der Waals surface area contributed by atoms with Gasteiger partial charge in [0.1, 0.15) is 16.4 Å². The van der Waals surface area contributed by atoms with Crippen molar-refractivity contribution in [1.29, 1.82) is 0 Å². The smallest absolute Gasteiger partial charge is 0.262 e. The number of fused-ring (bicyclic) bond motifs is 1. The Morgan fingerprint density at radius 3 is 2.73 bits per heavy atom. The highest BCUT2D eigenvalue weighted by molar-refractivity contribution is 9.10. The van der Waals surface area contributed by atoms with Crippen molar-refractivity contribution in [2.24, 2.45) is 0 Å². The maximum absolute atomic E-state index is 12.7. The quantitative estimate of drug-likeness (QED) is 0.425. The number of hydrogen-bond donors (Lipinski definition) is 1. The van der Waals surface area contributed by atoms with Crippen LogP contribution in [0.25, 0.3) is 21.5 Å². The van der Waals surface area contributed by atoms with Crippen LogP contribution in [0.15, 0.2) is 56.4 Å². The molecule has 0 bridgehead atoms. The van der Waals surface area contributed by atoms with E-state index in [-0.39, 0.29) is 24.4 Å². The molecule has 4 rings (SSSR count). The molecule has 0 spiro atoms. The summed E-state index contributed by atoms with van der Waals surface area (Å²) in [4.78, 5) is 31.1. The Morgan fingerprint density at radius 2 is 1.97 bits per heavy atom. The lowest BCUT2D eigenvalue weighted by molar-refractivity contribution is -0.121. The minimum absolute atomic E-state index is 0.0974. The molecule has 0 aliphatic carbocycles. The average molecular weight is 486 g/mol. The van der Waals surface area contributed by atoms with Crippen LogP contribution in [-0.2, 0) is 17.9 Å². The van der Waals surface area contributed by atoms with E-state index < -0.39 is 0 Å². The van der Waals surface area contributed by atoms with E-state index in [1.807, 2.05) is 50.2 Å². The zero-order chi connectivity index (χ0) is 21.3. The van der Waals surface area contributed by atoms with Crippen molar-refractivity contribution in [3.8, 4) is 11.3 Å². The van der Waals surface area contributed by atoms with Crippen LogP contribution in [0.1, 0.15) is 22.6 Å². The van der Waals surface area contributed by atoms with Crippen LogP contribution in [0.4, 0.5) is 0 Å². The lowest BCUT2D eigenvalue weighted by atomic mass is 10.2. The molecule has 0 unspecified atom stereocenters. The number of rotatable bonds is 6. The molecule has 0 aliphatic heterocycles. The van der Waals surface area contributed by atoms with E-state index >= 15 is 0 Å². The topological polar surface area (TPSA) is 77.1 Å². The zero-order valence-corrected chi connectivity index (χ0v) is 19.0. The Morgan fingerprint density at radius 1 is 1.20 bits per heavy atom. The fraction of sp³-hybridized carbons (Fsp3) is 0.227. The van der Waals surface area contributed by atoms with Gasteiger partial charge in [0.25, 0.3) is 5.56 Å². The number of benzene rings is 1.